The Kier molecular flexibility index (Phi) is 5.79. The van der Waals surface area contributed by atoms with Gasteiger partial charge in [-0.05, 0) is 48.4 Å². The van der Waals surface area contributed by atoms with Crippen LogP contribution in [0.3, 0.4) is 0 Å². The summed E-state index contributed by atoms with van der Waals surface area (Å²) in [5.41, 5.74) is -1.83. The van der Waals surface area contributed by atoms with E-state index in [-0.39, 0.29) is 28.9 Å². The van der Waals surface area contributed by atoms with Crippen LogP contribution in [0.5, 0.6) is 0 Å². The minimum absolute atomic E-state index is 0.104. The Morgan fingerprint density at radius 1 is 1.13 bits per heavy atom. The predicted octanol–water partition coefficient (Wildman–Crippen LogP) is 5.64. The van der Waals surface area contributed by atoms with E-state index < -0.39 is 11.5 Å². The molecule has 1 fully saturated rings. The van der Waals surface area contributed by atoms with E-state index in [1.54, 1.807) is 16.7 Å². The van der Waals surface area contributed by atoms with Crippen LogP contribution in [0.1, 0.15) is 40.9 Å². The lowest BCUT2D eigenvalue weighted by molar-refractivity contribution is -0.0328. The molecule has 1 aliphatic rings. The summed E-state index contributed by atoms with van der Waals surface area (Å²) in [5, 5.41) is 14.3. The summed E-state index contributed by atoms with van der Waals surface area (Å²) in [6.07, 6.45) is 3.39. The molecule has 158 valence electrons. The van der Waals surface area contributed by atoms with Gasteiger partial charge in [0.2, 0.25) is 0 Å². The molecule has 8 heteroatoms. The lowest BCUT2D eigenvalue weighted by Gasteiger charge is -2.26. The van der Waals surface area contributed by atoms with Crippen molar-refractivity contribution < 1.29 is 23.1 Å². The maximum absolute atomic E-state index is 12.6. The molecule has 1 heterocycles. The molecule has 0 unspecified atom stereocenters. The van der Waals surface area contributed by atoms with E-state index in [0.29, 0.717) is 12.6 Å². The van der Waals surface area contributed by atoms with E-state index in [1.807, 2.05) is 24.3 Å². The Morgan fingerprint density at radius 2 is 1.83 bits per heavy atom. The molecular formula is C22H21F3N2O2S. The highest BCUT2D eigenvalue weighted by molar-refractivity contribution is 8.00. The van der Waals surface area contributed by atoms with Crippen molar-refractivity contribution in [1.82, 2.24) is 9.88 Å². The Bertz CT molecular complexity index is 1060. The van der Waals surface area contributed by atoms with Gasteiger partial charge < -0.3 is 15.0 Å². The minimum atomic E-state index is -4.34. The van der Waals surface area contributed by atoms with Gasteiger partial charge in [0.05, 0.1) is 0 Å². The van der Waals surface area contributed by atoms with Crippen LogP contribution in [-0.4, -0.2) is 27.2 Å². The first-order valence-electron chi connectivity index (χ1n) is 9.73. The van der Waals surface area contributed by atoms with Crippen molar-refractivity contribution in [2.24, 2.45) is 0 Å². The molecule has 4 rings (SSSR count). The van der Waals surface area contributed by atoms with E-state index >= 15 is 0 Å². The number of rotatable bonds is 7. The van der Waals surface area contributed by atoms with E-state index in [0.717, 1.165) is 34.9 Å². The van der Waals surface area contributed by atoms with Crippen LogP contribution in [0, 0.1) is 0 Å². The molecule has 4 nitrogen and oxygen atoms in total. The SMILES string of the molecule is O=C(O)c1c(CNC2CCC2)c2ccccc2n1Cc1ccc(SC(F)(F)F)cc1. The second kappa shape index (κ2) is 8.35. The fourth-order valence-corrected chi connectivity index (χ4v) is 4.34. The van der Waals surface area contributed by atoms with Gasteiger partial charge in [-0.1, -0.05) is 36.8 Å². The standard InChI is InChI=1S/C22H21F3N2O2S/c23-22(24,25)30-16-10-8-14(9-11-16)13-27-19-7-2-1-6-17(19)18(20(27)21(28)29)12-26-15-4-3-5-15/h1-2,6-11,15,26H,3-5,12-13H2,(H,28,29). The molecule has 30 heavy (non-hydrogen) atoms. The van der Waals surface area contributed by atoms with Gasteiger partial charge in [0, 0.05) is 40.5 Å². The number of nitrogens with zero attached hydrogens (tertiary/aromatic N) is 1. The molecule has 0 aliphatic heterocycles. The zero-order chi connectivity index (χ0) is 21.3. The number of nitrogens with one attached hydrogen (secondary N) is 1. The predicted molar refractivity (Wildman–Crippen MR) is 111 cm³/mol. The quantitative estimate of drug-likeness (QED) is 0.473. The normalized spacial score (nSPS) is 14.8. The van der Waals surface area contributed by atoms with Crippen LogP contribution in [0.2, 0.25) is 0 Å². The fraction of sp³-hybridized carbons (Fsp3) is 0.318. The van der Waals surface area contributed by atoms with Gasteiger partial charge in [0.25, 0.3) is 0 Å². The monoisotopic (exact) mass is 434 g/mol. The molecule has 1 aromatic heterocycles. The average Bonchev–Trinajstić information content (AvgIpc) is 2.95. The summed E-state index contributed by atoms with van der Waals surface area (Å²) < 4.78 is 39.4. The van der Waals surface area contributed by atoms with Crippen LogP contribution in [0.25, 0.3) is 10.9 Å². The third kappa shape index (κ3) is 4.49. The van der Waals surface area contributed by atoms with Gasteiger partial charge >= 0.3 is 11.5 Å². The third-order valence-corrected chi connectivity index (χ3v) is 6.19. The molecule has 0 saturated heterocycles. The van der Waals surface area contributed by atoms with Gasteiger partial charge in [-0.3, -0.25) is 0 Å². The van der Waals surface area contributed by atoms with E-state index in [2.05, 4.69) is 5.32 Å². The largest absolute Gasteiger partial charge is 0.477 e. The Hall–Kier alpha value is -2.45. The van der Waals surface area contributed by atoms with Crippen molar-refractivity contribution in [3.63, 3.8) is 0 Å². The molecule has 2 N–H and O–H groups in total. The van der Waals surface area contributed by atoms with Gasteiger partial charge in [0.15, 0.2) is 0 Å². The molecule has 0 bridgehead atoms. The topological polar surface area (TPSA) is 54.3 Å². The van der Waals surface area contributed by atoms with Crippen molar-refractivity contribution in [3.05, 3.63) is 65.4 Å². The first-order valence-corrected chi connectivity index (χ1v) is 10.5. The number of fused-ring (bicyclic) bond motifs is 1. The maximum atomic E-state index is 12.6. The number of alkyl halides is 3. The smallest absolute Gasteiger partial charge is 0.446 e. The van der Waals surface area contributed by atoms with Crippen molar-refractivity contribution in [2.75, 3.05) is 0 Å². The summed E-state index contributed by atoms with van der Waals surface area (Å²) in [4.78, 5) is 12.3. The maximum Gasteiger partial charge on any atom is 0.446 e. The molecule has 2 aromatic carbocycles. The number of carboxylic acids is 1. The lowest BCUT2D eigenvalue weighted by Crippen LogP contribution is -2.34. The highest BCUT2D eigenvalue weighted by Gasteiger charge is 2.29. The number of thioether (sulfide) groups is 1. The van der Waals surface area contributed by atoms with Crippen LogP contribution in [-0.2, 0) is 13.1 Å². The molecule has 0 radical (unpaired) electrons. The van der Waals surface area contributed by atoms with Gasteiger partial charge in [-0.15, -0.1) is 0 Å². The van der Waals surface area contributed by atoms with E-state index in [9.17, 15) is 23.1 Å². The van der Waals surface area contributed by atoms with Crippen LogP contribution >= 0.6 is 11.8 Å². The highest BCUT2D eigenvalue weighted by Crippen LogP contribution is 2.37. The lowest BCUT2D eigenvalue weighted by atomic mass is 9.93. The summed E-state index contributed by atoms with van der Waals surface area (Å²) in [6, 6.07) is 14.0. The van der Waals surface area contributed by atoms with Crippen LogP contribution < -0.4 is 5.32 Å². The average molecular weight is 434 g/mol. The molecule has 0 atom stereocenters. The Labute approximate surface area is 176 Å². The van der Waals surface area contributed by atoms with Crippen molar-refractivity contribution >= 4 is 28.6 Å². The number of hydrogen-bond donors (Lipinski definition) is 2. The fourth-order valence-electron chi connectivity index (χ4n) is 3.80. The molecule has 1 saturated carbocycles. The van der Waals surface area contributed by atoms with E-state index in [4.69, 9.17) is 0 Å². The van der Waals surface area contributed by atoms with Crippen LogP contribution in [0.15, 0.2) is 53.4 Å². The zero-order valence-electron chi connectivity index (χ0n) is 16.1. The Morgan fingerprint density at radius 3 is 2.43 bits per heavy atom. The van der Waals surface area contributed by atoms with Crippen molar-refractivity contribution in [2.45, 2.75) is 48.8 Å². The summed E-state index contributed by atoms with van der Waals surface area (Å²) >= 11 is -0.162. The first kappa shape index (κ1) is 20.8. The molecule has 0 amide bonds. The number of aromatic nitrogens is 1. The number of carboxylic acid groups (broad SMARTS) is 1. The zero-order valence-corrected chi connectivity index (χ0v) is 16.9. The third-order valence-electron chi connectivity index (χ3n) is 5.45. The van der Waals surface area contributed by atoms with Crippen molar-refractivity contribution in [3.8, 4) is 0 Å². The highest BCUT2D eigenvalue weighted by atomic mass is 32.2. The number of aromatic carboxylic acids is 1. The van der Waals surface area contributed by atoms with Crippen LogP contribution in [0.4, 0.5) is 13.2 Å². The number of carbonyl (C=O) groups is 1. The minimum Gasteiger partial charge on any atom is -0.477 e. The van der Waals surface area contributed by atoms with E-state index in [1.165, 1.54) is 18.6 Å². The number of halogens is 3. The van der Waals surface area contributed by atoms with Crippen molar-refractivity contribution in [1.29, 1.82) is 0 Å². The summed E-state index contributed by atoms with van der Waals surface area (Å²) in [5.74, 6) is -1.01. The Balaban J connectivity index is 1.67. The molecule has 0 spiro atoms. The second-order valence-corrected chi connectivity index (χ2v) is 8.57. The number of hydrogen-bond acceptors (Lipinski definition) is 3. The van der Waals surface area contributed by atoms with Gasteiger partial charge in [-0.25, -0.2) is 4.79 Å². The summed E-state index contributed by atoms with van der Waals surface area (Å²) in [6.45, 7) is 0.740. The molecular weight excluding hydrogens is 413 g/mol. The number of benzene rings is 2. The van der Waals surface area contributed by atoms with Gasteiger partial charge in [0.1, 0.15) is 5.69 Å². The number of para-hydroxylation sites is 1. The molecule has 3 aromatic rings. The van der Waals surface area contributed by atoms with Gasteiger partial charge in [-0.2, -0.15) is 13.2 Å². The molecule has 1 aliphatic carbocycles. The first-order chi connectivity index (χ1) is 14.3. The summed E-state index contributed by atoms with van der Waals surface area (Å²) in [7, 11) is 0. The second-order valence-electron chi connectivity index (χ2n) is 7.44.